The Bertz CT molecular complexity index is 572. The molecule has 1 aromatic carbocycles. The van der Waals surface area contributed by atoms with Crippen LogP contribution in [0, 0.1) is 0 Å². The monoisotopic (exact) mass is 305 g/mol. The van der Waals surface area contributed by atoms with Crippen LogP contribution in [0.2, 0.25) is 0 Å². The van der Waals surface area contributed by atoms with Crippen molar-refractivity contribution in [1.82, 2.24) is 4.98 Å². The molecular formula is C13H12BrN3O. The average Bonchev–Trinajstić information content (AvgIpc) is 2.41. The molecule has 0 atom stereocenters. The summed E-state index contributed by atoms with van der Waals surface area (Å²) in [6.07, 6.45) is 1.56. The molecule has 2 N–H and O–H groups in total. The van der Waals surface area contributed by atoms with Gasteiger partial charge in [0.2, 0.25) is 0 Å². The highest BCUT2D eigenvalue weighted by Gasteiger charge is 2.17. The first kappa shape index (κ1) is 12.6. The van der Waals surface area contributed by atoms with E-state index < -0.39 is 0 Å². The Hall–Kier alpha value is -1.88. The molecule has 1 heterocycles. The molecule has 0 aliphatic rings. The van der Waals surface area contributed by atoms with E-state index in [2.05, 4.69) is 20.9 Å². The Morgan fingerprint density at radius 3 is 2.67 bits per heavy atom. The van der Waals surface area contributed by atoms with Crippen molar-refractivity contribution < 1.29 is 4.79 Å². The van der Waals surface area contributed by atoms with E-state index in [9.17, 15) is 4.79 Å². The molecule has 0 bridgehead atoms. The number of nitrogen functional groups attached to an aromatic ring is 1. The molecule has 0 saturated heterocycles. The second kappa shape index (κ2) is 5.18. The summed E-state index contributed by atoms with van der Waals surface area (Å²) in [6, 6.07) is 11.0. The van der Waals surface area contributed by atoms with E-state index in [-0.39, 0.29) is 11.7 Å². The Kier molecular flexibility index (Phi) is 3.62. The number of nitrogens with two attached hydrogens (primary N) is 1. The Morgan fingerprint density at radius 2 is 2.00 bits per heavy atom. The van der Waals surface area contributed by atoms with Crippen molar-refractivity contribution in [3.05, 3.63) is 52.6 Å². The van der Waals surface area contributed by atoms with Gasteiger partial charge in [-0.1, -0.05) is 18.2 Å². The summed E-state index contributed by atoms with van der Waals surface area (Å²) in [6.45, 7) is 0. The molecule has 2 rings (SSSR count). The highest BCUT2D eigenvalue weighted by molar-refractivity contribution is 9.10. The average molecular weight is 306 g/mol. The van der Waals surface area contributed by atoms with Gasteiger partial charge in [-0.3, -0.25) is 4.79 Å². The van der Waals surface area contributed by atoms with Crippen LogP contribution in [0.15, 0.2) is 47.1 Å². The fourth-order valence-electron chi connectivity index (χ4n) is 1.57. The van der Waals surface area contributed by atoms with Crippen LogP contribution in [0.3, 0.4) is 0 Å². The number of halogens is 1. The van der Waals surface area contributed by atoms with Crippen molar-refractivity contribution in [2.45, 2.75) is 0 Å². The van der Waals surface area contributed by atoms with Gasteiger partial charge in [-0.15, -0.1) is 0 Å². The first-order valence-electron chi connectivity index (χ1n) is 5.33. The number of hydrogen-bond acceptors (Lipinski definition) is 3. The molecule has 4 nitrogen and oxygen atoms in total. The fourth-order valence-corrected chi connectivity index (χ4v) is 1.90. The maximum absolute atomic E-state index is 12.3. The quantitative estimate of drug-likeness (QED) is 0.928. The molecule has 0 aliphatic heterocycles. The molecule has 5 heteroatoms. The van der Waals surface area contributed by atoms with Crippen molar-refractivity contribution in [2.75, 3.05) is 17.7 Å². The van der Waals surface area contributed by atoms with Crippen LogP contribution in [-0.2, 0) is 0 Å². The number of carbonyl (C=O) groups is 1. The van der Waals surface area contributed by atoms with Crippen LogP contribution in [0.1, 0.15) is 10.4 Å². The van der Waals surface area contributed by atoms with Crippen LogP contribution in [0.5, 0.6) is 0 Å². The lowest BCUT2D eigenvalue weighted by Gasteiger charge is -2.18. The Balaban J connectivity index is 2.34. The summed E-state index contributed by atoms with van der Waals surface area (Å²) >= 11 is 3.28. The second-order valence-electron chi connectivity index (χ2n) is 3.79. The lowest BCUT2D eigenvalue weighted by molar-refractivity contribution is 0.0993. The molecule has 0 spiro atoms. The molecule has 0 aliphatic carbocycles. The summed E-state index contributed by atoms with van der Waals surface area (Å²) in [7, 11) is 1.71. The number of nitrogens with zero attached hydrogens (tertiary/aromatic N) is 2. The minimum Gasteiger partial charge on any atom is -0.383 e. The third kappa shape index (κ3) is 2.51. The number of carbonyl (C=O) groups excluding carboxylic acids is 1. The van der Waals surface area contributed by atoms with Crippen molar-refractivity contribution in [1.29, 1.82) is 0 Å². The molecule has 0 radical (unpaired) electrons. The van der Waals surface area contributed by atoms with E-state index >= 15 is 0 Å². The zero-order valence-electron chi connectivity index (χ0n) is 9.80. The van der Waals surface area contributed by atoms with Crippen molar-refractivity contribution in [3.8, 4) is 0 Å². The minimum atomic E-state index is -0.187. The number of anilines is 2. The van der Waals surface area contributed by atoms with Crippen LogP contribution in [0.4, 0.5) is 11.5 Å². The van der Waals surface area contributed by atoms with Crippen molar-refractivity contribution in [2.24, 2.45) is 0 Å². The number of hydrogen-bond donors (Lipinski definition) is 1. The van der Waals surface area contributed by atoms with Gasteiger partial charge in [0.1, 0.15) is 5.82 Å². The van der Waals surface area contributed by atoms with Gasteiger partial charge in [0.15, 0.2) is 0 Å². The zero-order valence-corrected chi connectivity index (χ0v) is 11.4. The second-order valence-corrected chi connectivity index (χ2v) is 4.70. The summed E-state index contributed by atoms with van der Waals surface area (Å²) in [5, 5.41) is 0. The first-order valence-corrected chi connectivity index (χ1v) is 6.13. The molecule has 0 saturated carbocycles. The first-order chi connectivity index (χ1) is 8.59. The maximum atomic E-state index is 12.3. The third-order valence-electron chi connectivity index (χ3n) is 2.56. The lowest BCUT2D eigenvalue weighted by atomic mass is 10.2. The topological polar surface area (TPSA) is 59.2 Å². The molecule has 1 amide bonds. The van der Waals surface area contributed by atoms with Gasteiger partial charge >= 0.3 is 0 Å². The smallest absolute Gasteiger partial charge is 0.261 e. The van der Waals surface area contributed by atoms with E-state index in [0.29, 0.717) is 5.56 Å². The number of benzene rings is 1. The van der Waals surface area contributed by atoms with Gasteiger partial charge in [-0.2, -0.15) is 0 Å². The normalized spacial score (nSPS) is 10.1. The zero-order chi connectivity index (χ0) is 13.1. The number of para-hydroxylation sites is 1. The molecule has 2 aromatic rings. The molecular weight excluding hydrogens is 294 g/mol. The maximum Gasteiger partial charge on any atom is 0.261 e. The number of pyridine rings is 1. The van der Waals surface area contributed by atoms with Crippen LogP contribution in [0.25, 0.3) is 0 Å². The van der Waals surface area contributed by atoms with Gasteiger partial charge in [-0.25, -0.2) is 4.98 Å². The van der Waals surface area contributed by atoms with Crippen LogP contribution in [-0.4, -0.2) is 17.9 Å². The van der Waals surface area contributed by atoms with E-state index in [4.69, 9.17) is 5.73 Å². The van der Waals surface area contributed by atoms with E-state index in [1.807, 2.05) is 30.3 Å². The number of rotatable bonds is 2. The van der Waals surface area contributed by atoms with Crippen molar-refractivity contribution in [3.63, 3.8) is 0 Å². The van der Waals surface area contributed by atoms with Gasteiger partial charge in [0.25, 0.3) is 5.91 Å². The van der Waals surface area contributed by atoms with E-state index in [0.717, 1.165) is 10.2 Å². The van der Waals surface area contributed by atoms with Crippen LogP contribution < -0.4 is 10.6 Å². The van der Waals surface area contributed by atoms with Gasteiger partial charge in [0.05, 0.1) is 5.56 Å². The van der Waals surface area contributed by atoms with Gasteiger partial charge in [-0.05, 0) is 34.1 Å². The molecule has 92 valence electrons. The summed E-state index contributed by atoms with van der Waals surface area (Å²) in [4.78, 5) is 17.8. The number of aromatic nitrogens is 1. The van der Waals surface area contributed by atoms with E-state index in [1.54, 1.807) is 24.2 Å². The number of amides is 1. The summed E-state index contributed by atoms with van der Waals surface area (Å²) in [5.74, 6) is 0.0403. The highest BCUT2D eigenvalue weighted by Crippen LogP contribution is 2.20. The molecule has 0 fully saturated rings. The van der Waals surface area contributed by atoms with Crippen LogP contribution >= 0.6 is 15.9 Å². The van der Waals surface area contributed by atoms with Gasteiger partial charge < -0.3 is 10.6 Å². The lowest BCUT2D eigenvalue weighted by Crippen LogP contribution is -2.27. The molecule has 1 aromatic heterocycles. The fraction of sp³-hybridized carbons (Fsp3) is 0.0769. The Morgan fingerprint density at radius 1 is 1.33 bits per heavy atom. The standard InChI is InChI=1S/C13H12BrN3O/c1-17(10-5-3-2-4-6-10)13(18)11-7-9(14)8-16-12(11)15/h2-8H,1H3,(H2,15,16). The highest BCUT2D eigenvalue weighted by atomic mass is 79.9. The molecule has 18 heavy (non-hydrogen) atoms. The molecule has 0 unspecified atom stereocenters. The van der Waals surface area contributed by atoms with Gasteiger partial charge in [0, 0.05) is 23.4 Å². The summed E-state index contributed by atoms with van der Waals surface area (Å²) in [5.41, 5.74) is 6.92. The largest absolute Gasteiger partial charge is 0.383 e. The predicted octanol–water partition coefficient (Wildman–Crippen LogP) is 2.70. The predicted molar refractivity (Wildman–Crippen MR) is 75.5 cm³/mol. The Labute approximate surface area is 114 Å². The summed E-state index contributed by atoms with van der Waals surface area (Å²) < 4.78 is 0.724. The third-order valence-corrected chi connectivity index (χ3v) is 3.00. The minimum absolute atomic E-state index is 0.187. The SMILES string of the molecule is CN(C(=O)c1cc(Br)cnc1N)c1ccccc1. The van der Waals surface area contributed by atoms with E-state index in [1.165, 1.54) is 0 Å². The van der Waals surface area contributed by atoms with Crippen molar-refractivity contribution >= 4 is 33.3 Å².